The summed E-state index contributed by atoms with van der Waals surface area (Å²) >= 11 is 0. The molecule has 0 N–H and O–H groups in total. The molecular formula is C25H36O9. The molecule has 0 aromatic rings. The van der Waals surface area contributed by atoms with E-state index in [1.54, 1.807) is 7.11 Å². The number of cyclic esters (lactones) is 1. The predicted molar refractivity (Wildman–Crippen MR) is 116 cm³/mol. The normalized spacial score (nSPS) is 48.9. The molecule has 2 bridgehead atoms. The molecule has 34 heavy (non-hydrogen) atoms. The van der Waals surface area contributed by atoms with Crippen LogP contribution in [0.25, 0.3) is 0 Å². The van der Waals surface area contributed by atoms with Gasteiger partial charge in [0.05, 0.1) is 30.7 Å². The molecule has 10 atom stereocenters. The maximum atomic E-state index is 12.4. The fourth-order valence-corrected chi connectivity index (χ4v) is 7.90. The predicted octanol–water partition coefficient (Wildman–Crippen LogP) is 2.39. The molecule has 9 nitrogen and oxygen atoms in total. The van der Waals surface area contributed by atoms with E-state index in [-0.39, 0.29) is 35.2 Å². The van der Waals surface area contributed by atoms with Gasteiger partial charge in [0.15, 0.2) is 12.4 Å². The first-order chi connectivity index (χ1) is 16.1. The lowest BCUT2D eigenvalue weighted by molar-refractivity contribution is -0.386. The number of methoxy groups -OCH3 is 1. The zero-order valence-electron chi connectivity index (χ0n) is 20.7. The molecule has 4 saturated heterocycles. The molecule has 2 spiro atoms. The van der Waals surface area contributed by atoms with Crippen LogP contribution in [0.4, 0.5) is 0 Å². The molecule has 190 valence electrons. The highest BCUT2D eigenvalue weighted by Crippen LogP contribution is 2.73. The molecule has 1 unspecified atom stereocenters. The lowest BCUT2D eigenvalue weighted by Gasteiger charge is -2.69. The molecular weight excluding hydrogens is 444 g/mol. The Labute approximate surface area is 200 Å². The van der Waals surface area contributed by atoms with Crippen molar-refractivity contribution in [3.05, 3.63) is 0 Å². The maximum absolute atomic E-state index is 12.4. The van der Waals surface area contributed by atoms with Crippen molar-refractivity contribution >= 4 is 17.9 Å². The van der Waals surface area contributed by atoms with Gasteiger partial charge in [0, 0.05) is 33.3 Å². The zero-order valence-corrected chi connectivity index (χ0v) is 20.7. The second-order valence-corrected chi connectivity index (χ2v) is 11.1. The number of carbonyl (C=O) groups excluding carboxylic acids is 3. The van der Waals surface area contributed by atoms with Crippen LogP contribution in [-0.4, -0.2) is 68.4 Å². The van der Waals surface area contributed by atoms with Gasteiger partial charge >= 0.3 is 17.9 Å². The standard InChI is InChI=1S/C25H36O9/c1-13-19(32-14(2)26)20(33-15(3)27)25-18(23(13,4)8-6-16-7-9-30-21(16)28)10-17(34-22(25)29-5)11-24(25)12-31-24/h13,16-20,22H,6-12H2,1-5H3/t13-,16+,17-,18-,19-,20+,22?,23+,24+,25+/m1/s1. The third-order valence-corrected chi connectivity index (χ3v) is 9.60. The summed E-state index contributed by atoms with van der Waals surface area (Å²) in [6.45, 7) is 8.01. The van der Waals surface area contributed by atoms with E-state index in [2.05, 4.69) is 13.8 Å². The SMILES string of the molecule is COC1O[C@@H]2C[C@@H]3[C@@](C)(CC[C@H]4CCOC4=O)[C@H](C)[C@@H](OC(C)=O)[C@H](OC(C)=O)[C@]13[C@@]1(CO1)C2. The van der Waals surface area contributed by atoms with Crippen molar-refractivity contribution in [3.63, 3.8) is 0 Å². The number of epoxide rings is 1. The molecule has 2 aliphatic carbocycles. The van der Waals surface area contributed by atoms with Gasteiger partial charge in [0.2, 0.25) is 0 Å². The summed E-state index contributed by atoms with van der Waals surface area (Å²) < 4.78 is 35.7. The fourth-order valence-electron chi connectivity index (χ4n) is 7.90. The van der Waals surface area contributed by atoms with E-state index in [0.29, 0.717) is 26.1 Å². The molecule has 9 heteroatoms. The van der Waals surface area contributed by atoms with Crippen molar-refractivity contribution in [2.45, 2.75) is 90.0 Å². The van der Waals surface area contributed by atoms with Crippen LogP contribution in [0.2, 0.25) is 0 Å². The van der Waals surface area contributed by atoms with Crippen LogP contribution in [0, 0.1) is 28.6 Å². The molecule has 0 aromatic heterocycles. The van der Waals surface area contributed by atoms with Gasteiger partial charge in [0.25, 0.3) is 0 Å². The number of esters is 3. The van der Waals surface area contributed by atoms with Crippen LogP contribution >= 0.6 is 0 Å². The molecule has 2 saturated carbocycles. The number of ether oxygens (including phenoxy) is 6. The average Bonchev–Trinajstić information content (AvgIpc) is 3.42. The van der Waals surface area contributed by atoms with E-state index in [0.717, 1.165) is 19.3 Å². The number of rotatable bonds is 6. The van der Waals surface area contributed by atoms with E-state index in [1.807, 2.05) is 0 Å². The van der Waals surface area contributed by atoms with Crippen LogP contribution in [0.3, 0.4) is 0 Å². The summed E-state index contributed by atoms with van der Waals surface area (Å²) in [6, 6.07) is 0. The van der Waals surface area contributed by atoms with E-state index >= 15 is 0 Å². The van der Waals surface area contributed by atoms with E-state index in [1.165, 1.54) is 13.8 Å². The second kappa shape index (κ2) is 8.17. The molecule has 6 aliphatic rings. The highest BCUT2D eigenvalue weighted by atomic mass is 16.7. The third-order valence-electron chi connectivity index (χ3n) is 9.60. The molecule has 4 heterocycles. The van der Waals surface area contributed by atoms with Crippen molar-refractivity contribution in [3.8, 4) is 0 Å². The smallest absolute Gasteiger partial charge is 0.309 e. The molecule has 4 aliphatic heterocycles. The van der Waals surface area contributed by atoms with Gasteiger partial charge in [-0.05, 0) is 37.0 Å². The fraction of sp³-hybridized carbons (Fsp3) is 0.880. The minimum absolute atomic E-state index is 0.0172. The summed E-state index contributed by atoms with van der Waals surface area (Å²) in [5.74, 6) is -1.26. The quantitative estimate of drug-likeness (QED) is 0.321. The number of hydrogen-bond donors (Lipinski definition) is 0. The van der Waals surface area contributed by atoms with Gasteiger partial charge in [-0.1, -0.05) is 13.8 Å². The Kier molecular flexibility index (Phi) is 5.77. The van der Waals surface area contributed by atoms with Gasteiger partial charge in [-0.15, -0.1) is 0 Å². The summed E-state index contributed by atoms with van der Waals surface area (Å²) in [6.07, 6.45) is 1.44. The highest BCUT2D eigenvalue weighted by Gasteiger charge is 2.83. The van der Waals surface area contributed by atoms with Crippen molar-refractivity contribution in [2.24, 2.45) is 28.6 Å². The van der Waals surface area contributed by atoms with Crippen LogP contribution in [-0.2, 0) is 42.8 Å². The molecule has 0 amide bonds. The largest absolute Gasteiger partial charge is 0.465 e. The Balaban J connectivity index is 1.62. The van der Waals surface area contributed by atoms with Crippen LogP contribution in [0.5, 0.6) is 0 Å². The van der Waals surface area contributed by atoms with E-state index in [9.17, 15) is 14.4 Å². The molecule has 6 rings (SSSR count). The van der Waals surface area contributed by atoms with Gasteiger partial charge in [-0.3, -0.25) is 14.4 Å². The first-order valence-corrected chi connectivity index (χ1v) is 12.4. The van der Waals surface area contributed by atoms with Crippen molar-refractivity contribution in [2.75, 3.05) is 20.3 Å². The Bertz CT molecular complexity index is 868. The monoisotopic (exact) mass is 480 g/mol. The van der Waals surface area contributed by atoms with Gasteiger partial charge in [-0.2, -0.15) is 0 Å². The number of fused-ring (bicyclic) bond motifs is 1. The summed E-state index contributed by atoms with van der Waals surface area (Å²) in [7, 11) is 1.60. The number of hydrogen-bond acceptors (Lipinski definition) is 9. The Hall–Kier alpha value is -1.71. The molecule has 6 fully saturated rings. The van der Waals surface area contributed by atoms with E-state index in [4.69, 9.17) is 28.4 Å². The maximum Gasteiger partial charge on any atom is 0.309 e. The van der Waals surface area contributed by atoms with Crippen molar-refractivity contribution in [1.82, 2.24) is 0 Å². The highest BCUT2D eigenvalue weighted by molar-refractivity contribution is 5.74. The molecule has 0 radical (unpaired) electrons. The van der Waals surface area contributed by atoms with Crippen LogP contribution in [0.15, 0.2) is 0 Å². The van der Waals surface area contributed by atoms with Gasteiger partial charge in [-0.25, -0.2) is 0 Å². The van der Waals surface area contributed by atoms with E-state index < -0.39 is 41.5 Å². The Morgan fingerprint density at radius 3 is 2.44 bits per heavy atom. The summed E-state index contributed by atoms with van der Waals surface area (Å²) in [5.41, 5.74) is -1.75. The van der Waals surface area contributed by atoms with Crippen molar-refractivity contribution < 1.29 is 42.8 Å². The van der Waals surface area contributed by atoms with Gasteiger partial charge < -0.3 is 28.4 Å². The average molecular weight is 481 g/mol. The summed E-state index contributed by atoms with van der Waals surface area (Å²) in [5, 5.41) is 0. The third kappa shape index (κ3) is 3.26. The minimum Gasteiger partial charge on any atom is -0.465 e. The topological polar surface area (TPSA) is 110 Å². The Morgan fingerprint density at radius 2 is 1.88 bits per heavy atom. The lowest BCUT2D eigenvalue weighted by Crippen LogP contribution is -2.78. The minimum atomic E-state index is -0.834. The first-order valence-electron chi connectivity index (χ1n) is 12.4. The zero-order chi connectivity index (χ0) is 24.5. The molecule has 0 aromatic carbocycles. The van der Waals surface area contributed by atoms with Crippen LogP contribution in [0.1, 0.15) is 59.8 Å². The van der Waals surface area contributed by atoms with Crippen LogP contribution < -0.4 is 0 Å². The second-order valence-electron chi connectivity index (χ2n) is 11.1. The lowest BCUT2D eigenvalue weighted by atomic mass is 9.40. The van der Waals surface area contributed by atoms with Gasteiger partial charge in [0.1, 0.15) is 11.7 Å². The first kappa shape index (κ1) is 24.0. The van der Waals surface area contributed by atoms with Crippen molar-refractivity contribution in [1.29, 1.82) is 0 Å². The Morgan fingerprint density at radius 1 is 1.18 bits per heavy atom. The number of carbonyl (C=O) groups is 3. The summed E-state index contributed by atoms with van der Waals surface area (Å²) in [4.78, 5) is 36.9.